The lowest BCUT2D eigenvalue weighted by Crippen LogP contribution is -2.15. The summed E-state index contributed by atoms with van der Waals surface area (Å²) in [4.78, 5) is 7.08. The summed E-state index contributed by atoms with van der Waals surface area (Å²) in [6.45, 7) is 0. The SMILES string of the molecule is Nc1ccc(S(=O)(=O)Nc2ncc(OS(=O)(=O)O)cn2)cc1. The number of hydrogen-bond acceptors (Lipinski definition) is 8. The molecule has 0 aliphatic carbocycles. The maximum atomic E-state index is 12.0. The number of rotatable bonds is 5. The Morgan fingerprint density at radius 3 is 2.09 bits per heavy atom. The molecule has 2 rings (SSSR count). The van der Waals surface area contributed by atoms with E-state index in [1.54, 1.807) is 0 Å². The molecule has 0 spiro atoms. The van der Waals surface area contributed by atoms with Gasteiger partial charge in [0.25, 0.3) is 10.0 Å². The van der Waals surface area contributed by atoms with Crippen molar-refractivity contribution < 1.29 is 25.6 Å². The Morgan fingerprint density at radius 2 is 1.59 bits per heavy atom. The van der Waals surface area contributed by atoms with Crippen molar-refractivity contribution in [3.05, 3.63) is 36.7 Å². The topological polar surface area (TPSA) is 162 Å². The first-order valence-electron chi connectivity index (χ1n) is 5.53. The first-order chi connectivity index (χ1) is 10.2. The predicted molar refractivity (Wildman–Crippen MR) is 75.9 cm³/mol. The number of anilines is 2. The standard InChI is InChI=1S/C10H10N4O6S2/c11-7-1-3-9(4-2-7)21(15,16)14-10-12-5-8(6-13-10)20-22(17,18)19/h1-6H,11H2,(H,12,13,14)(H,17,18,19). The average molecular weight is 346 g/mol. The number of nitrogen functional groups attached to an aromatic ring is 1. The van der Waals surface area contributed by atoms with Crippen LogP contribution in [0, 0.1) is 0 Å². The minimum absolute atomic E-state index is 0.0523. The van der Waals surface area contributed by atoms with Gasteiger partial charge in [0.1, 0.15) is 0 Å². The van der Waals surface area contributed by atoms with Crippen LogP contribution in [-0.2, 0) is 20.4 Å². The lowest BCUT2D eigenvalue weighted by atomic mass is 10.3. The van der Waals surface area contributed by atoms with Crippen molar-refractivity contribution in [1.29, 1.82) is 0 Å². The van der Waals surface area contributed by atoms with E-state index < -0.39 is 20.4 Å². The van der Waals surface area contributed by atoms with Gasteiger partial charge in [-0.05, 0) is 24.3 Å². The lowest BCUT2D eigenvalue weighted by Gasteiger charge is -2.07. The number of sulfonamides is 1. The highest BCUT2D eigenvalue weighted by Gasteiger charge is 2.16. The Labute approximate surface area is 126 Å². The van der Waals surface area contributed by atoms with Crippen LogP contribution in [-0.4, -0.2) is 31.4 Å². The van der Waals surface area contributed by atoms with Gasteiger partial charge in [-0.2, -0.15) is 8.42 Å². The van der Waals surface area contributed by atoms with Gasteiger partial charge in [-0.3, -0.25) is 4.55 Å². The molecule has 12 heteroatoms. The van der Waals surface area contributed by atoms with Crippen molar-refractivity contribution in [3.63, 3.8) is 0 Å². The molecule has 0 atom stereocenters. The molecule has 0 amide bonds. The minimum atomic E-state index is -4.70. The van der Waals surface area contributed by atoms with Gasteiger partial charge in [-0.15, -0.1) is 0 Å². The third kappa shape index (κ3) is 4.28. The number of nitrogens with zero attached hydrogens (tertiary/aromatic N) is 2. The van der Waals surface area contributed by atoms with E-state index in [2.05, 4.69) is 18.9 Å². The van der Waals surface area contributed by atoms with Crippen LogP contribution in [0.3, 0.4) is 0 Å². The summed E-state index contributed by atoms with van der Waals surface area (Å²) in [5, 5.41) is 0. The quantitative estimate of drug-likeness (QED) is 0.501. The second-order valence-corrected chi connectivity index (χ2v) is 6.63. The van der Waals surface area contributed by atoms with Gasteiger partial charge in [0, 0.05) is 5.69 Å². The summed E-state index contributed by atoms with van der Waals surface area (Å²) in [5.41, 5.74) is 5.87. The van der Waals surface area contributed by atoms with Gasteiger partial charge in [0.05, 0.1) is 17.3 Å². The molecule has 2 aromatic rings. The zero-order valence-corrected chi connectivity index (χ0v) is 12.4. The molecule has 0 unspecified atom stereocenters. The zero-order valence-electron chi connectivity index (χ0n) is 10.7. The molecule has 10 nitrogen and oxygen atoms in total. The maximum Gasteiger partial charge on any atom is 0.446 e. The maximum absolute atomic E-state index is 12.0. The Balaban J connectivity index is 2.18. The van der Waals surface area contributed by atoms with E-state index in [0.717, 1.165) is 12.4 Å². The Morgan fingerprint density at radius 1 is 1.05 bits per heavy atom. The second-order valence-electron chi connectivity index (χ2n) is 3.93. The van der Waals surface area contributed by atoms with Crippen LogP contribution in [0.4, 0.5) is 11.6 Å². The number of aromatic nitrogens is 2. The van der Waals surface area contributed by atoms with Crippen molar-refractivity contribution in [3.8, 4) is 5.75 Å². The van der Waals surface area contributed by atoms with E-state index in [9.17, 15) is 16.8 Å². The smallest absolute Gasteiger partial charge is 0.399 e. The van der Waals surface area contributed by atoms with Crippen molar-refractivity contribution in [2.45, 2.75) is 4.90 Å². The van der Waals surface area contributed by atoms with Crippen LogP contribution in [0.5, 0.6) is 5.75 Å². The molecule has 0 saturated carbocycles. The molecule has 0 aliphatic rings. The van der Waals surface area contributed by atoms with Crippen LogP contribution < -0.4 is 14.6 Å². The molecule has 0 radical (unpaired) electrons. The predicted octanol–water partition coefficient (Wildman–Crippen LogP) is 0.0412. The van der Waals surface area contributed by atoms with Gasteiger partial charge in [-0.25, -0.2) is 23.1 Å². The molecule has 22 heavy (non-hydrogen) atoms. The van der Waals surface area contributed by atoms with Crippen molar-refractivity contribution in [2.75, 3.05) is 10.5 Å². The monoisotopic (exact) mass is 346 g/mol. The molecule has 1 aromatic heterocycles. The fourth-order valence-corrected chi connectivity index (χ4v) is 2.65. The molecule has 1 heterocycles. The molecule has 0 aliphatic heterocycles. The average Bonchev–Trinajstić information content (AvgIpc) is 2.39. The number of benzene rings is 1. The molecular weight excluding hydrogens is 336 g/mol. The molecule has 0 fully saturated rings. The fraction of sp³-hybridized carbons (Fsp3) is 0. The van der Waals surface area contributed by atoms with Crippen LogP contribution >= 0.6 is 0 Å². The van der Waals surface area contributed by atoms with Crippen LogP contribution in [0.25, 0.3) is 0 Å². The van der Waals surface area contributed by atoms with E-state index in [1.165, 1.54) is 24.3 Å². The minimum Gasteiger partial charge on any atom is -0.399 e. The summed E-state index contributed by atoms with van der Waals surface area (Å²) in [6, 6.07) is 5.43. The Kier molecular flexibility index (Phi) is 4.16. The van der Waals surface area contributed by atoms with Crippen molar-refractivity contribution in [1.82, 2.24) is 9.97 Å². The fourth-order valence-electron chi connectivity index (χ4n) is 1.36. The van der Waals surface area contributed by atoms with Crippen molar-refractivity contribution >= 4 is 32.1 Å². The van der Waals surface area contributed by atoms with Gasteiger partial charge in [0.15, 0.2) is 5.75 Å². The Hall–Kier alpha value is -2.44. The zero-order chi connectivity index (χ0) is 16.4. The molecule has 0 saturated heterocycles. The first-order valence-corrected chi connectivity index (χ1v) is 8.38. The summed E-state index contributed by atoms with van der Waals surface area (Å²) < 4.78 is 59.7. The lowest BCUT2D eigenvalue weighted by molar-refractivity contribution is 0.385. The summed E-state index contributed by atoms with van der Waals surface area (Å²) in [7, 11) is -8.62. The number of nitrogens with two attached hydrogens (primary N) is 1. The molecule has 0 bridgehead atoms. The van der Waals surface area contributed by atoms with Crippen LogP contribution in [0.1, 0.15) is 0 Å². The first kappa shape index (κ1) is 15.9. The highest BCUT2D eigenvalue weighted by Crippen LogP contribution is 2.16. The summed E-state index contributed by atoms with van der Waals surface area (Å²) >= 11 is 0. The summed E-state index contributed by atoms with van der Waals surface area (Å²) in [6.07, 6.45) is 1.75. The Bertz CT molecular complexity index is 863. The van der Waals surface area contributed by atoms with Gasteiger partial charge >= 0.3 is 10.4 Å². The molecule has 4 N–H and O–H groups in total. The number of nitrogens with one attached hydrogen (secondary N) is 1. The van der Waals surface area contributed by atoms with Gasteiger partial charge in [0.2, 0.25) is 5.95 Å². The van der Waals surface area contributed by atoms with E-state index in [4.69, 9.17) is 10.3 Å². The summed E-state index contributed by atoms with van der Waals surface area (Å²) in [5.74, 6) is -0.683. The van der Waals surface area contributed by atoms with E-state index in [0.29, 0.717) is 5.69 Å². The van der Waals surface area contributed by atoms with Crippen LogP contribution in [0.2, 0.25) is 0 Å². The highest BCUT2D eigenvalue weighted by molar-refractivity contribution is 7.92. The number of hydrogen-bond donors (Lipinski definition) is 3. The highest BCUT2D eigenvalue weighted by atomic mass is 32.3. The third-order valence-corrected chi connectivity index (χ3v) is 3.99. The molecule has 1 aromatic carbocycles. The molecule has 118 valence electrons. The molecular formula is C10H10N4O6S2. The normalized spacial score (nSPS) is 11.9. The van der Waals surface area contributed by atoms with E-state index >= 15 is 0 Å². The largest absolute Gasteiger partial charge is 0.446 e. The second kappa shape index (κ2) is 5.75. The third-order valence-electron chi connectivity index (χ3n) is 2.25. The van der Waals surface area contributed by atoms with Crippen LogP contribution in [0.15, 0.2) is 41.6 Å². The van der Waals surface area contributed by atoms with Gasteiger partial charge in [-0.1, -0.05) is 0 Å². The van der Waals surface area contributed by atoms with E-state index in [1.807, 2.05) is 0 Å². The van der Waals surface area contributed by atoms with E-state index in [-0.39, 0.29) is 16.6 Å². The van der Waals surface area contributed by atoms with Gasteiger partial charge < -0.3 is 9.92 Å². The van der Waals surface area contributed by atoms with Crippen molar-refractivity contribution in [2.24, 2.45) is 0 Å².